The first-order valence-electron chi connectivity index (χ1n) is 10.6. The SMILES string of the molecule is COc1ccc(OC)c(NC(=O)c2ccc3c(c2)CCCN3S(=O)(=O)c2ccc(C)cc2)c1. The van der Waals surface area contributed by atoms with Crippen LogP contribution in [0.3, 0.4) is 0 Å². The maximum atomic E-state index is 13.3. The van der Waals surface area contributed by atoms with Crippen LogP contribution in [0.5, 0.6) is 11.5 Å². The summed E-state index contributed by atoms with van der Waals surface area (Å²) in [5.41, 5.74) is 3.35. The molecule has 172 valence electrons. The number of hydrogen-bond donors (Lipinski definition) is 1. The average Bonchev–Trinajstić information content (AvgIpc) is 2.83. The fourth-order valence-corrected chi connectivity index (χ4v) is 5.44. The van der Waals surface area contributed by atoms with Crippen LogP contribution in [0.2, 0.25) is 0 Å². The molecule has 0 aliphatic carbocycles. The molecule has 0 radical (unpaired) electrons. The highest BCUT2D eigenvalue weighted by atomic mass is 32.2. The summed E-state index contributed by atoms with van der Waals surface area (Å²) in [4.78, 5) is 13.2. The zero-order chi connectivity index (χ0) is 23.6. The van der Waals surface area contributed by atoms with Gasteiger partial charge in [0.25, 0.3) is 15.9 Å². The van der Waals surface area contributed by atoms with Crippen molar-refractivity contribution >= 4 is 27.3 Å². The van der Waals surface area contributed by atoms with Gasteiger partial charge in [0.1, 0.15) is 11.5 Å². The van der Waals surface area contributed by atoms with Crippen LogP contribution in [0, 0.1) is 6.92 Å². The van der Waals surface area contributed by atoms with E-state index in [0.717, 1.165) is 11.1 Å². The molecule has 4 rings (SSSR count). The first kappa shape index (κ1) is 22.7. The average molecular weight is 467 g/mol. The van der Waals surface area contributed by atoms with E-state index in [2.05, 4.69) is 5.32 Å². The van der Waals surface area contributed by atoms with Gasteiger partial charge in [-0.2, -0.15) is 0 Å². The Labute approximate surface area is 194 Å². The molecule has 8 heteroatoms. The number of amides is 1. The molecule has 0 fully saturated rings. The van der Waals surface area contributed by atoms with Crippen LogP contribution in [0.4, 0.5) is 11.4 Å². The van der Waals surface area contributed by atoms with Crippen LogP contribution in [-0.2, 0) is 16.4 Å². The van der Waals surface area contributed by atoms with Gasteiger partial charge in [-0.25, -0.2) is 8.42 Å². The summed E-state index contributed by atoms with van der Waals surface area (Å²) in [5, 5.41) is 2.86. The third kappa shape index (κ3) is 4.52. The van der Waals surface area contributed by atoms with E-state index in [9.17, 15) is 13.2 Å². The van der Waals surface area contributed by atoms with E-state index in [-0.39, 0.29) is 10.8 Å². The van der Waals surface area contributed by atoms with Crippen molar-refractivity contribution in [3.8, 4) is 11.5 Å². The fraction of sp³-hybridized carbons (Fsp3) is 0.240. The van der Waals surface area contributed by atoms with Crippen molar-refractivity contribution in [2.45, 2.75) is 24.7 Å². The minimum absolute atomic E-state index is 0.257. The number of methoxy groups -OCH3 is 2. The van der Waals surface area contributed by atoms with Gasteiger partial charge in [0, 0.05) is 18.2 Å². The molecule has 0 atom stereocenters. The molecule has 0 spiro atoms. The van der Waals surface area contributed by atoms with Crippen molar-refractivity contribution in [1.82, 2.24) is 0 Å². The number of carbonyl (C=O) groups excluding carboxylic acids is 1. The maximum absolute atomic E-state index is 13.3. The standard InChI is InChI=1S/C25H26N2O5S/c1-17-6-10-21(11-7-17)33(29,30)27-14-4-5-18-15-19(8-12-23(18)27)25(28)26-22-16-20(31-2)9-13-24(22)32-3/h6-13,15-16H,4-5,14H2,1-3H3,(H,26,28). The molecule has 0 bridgehead atoms. The molecule has 1 heterocycles. The Balaban J connectivity index is 1.62. The van der Waals surface area contributed by atoms with E-state index in [1.165, 1.54) is 11.4 Å². The Bertz CT molecular complexity index is 1290. The zero-order valence-electron chi connectivity index (χ0n) is 18.8. The second-order valence-corrected chi connectivity index (χ2v) is 9.72. The summed E-state index contributed by atoms with van der Waals surface area (Å²) < 4.78 is 38.5. The normalized spacial score (nSPS) is 13.2. The smallest absolute Gasteiger partial charge is 0.264 e. The number of anilines is 2. The van der Waals surface area contributed by atoms with Gasteiger partial charge in [0.2, 0.25) is 0 Å². The second kappa shape index (κ2) is 9.15. The predicted molar refractivity (Wildman–Crippen MR) is 128 cm³/mol. The number of benzene rings is 3. The summed E-state index contributed by atoms with van der Waals surface area (Å²) >= 11 is 0. The van der Waals surface area contributed by atoms with Crippen molar-refractivity contribution in [1.29, 1.82) is 0 Å². The van der Waals surface area contributed by atoms with Gasteiger partial charge in [-0.15, -0.1) is 0 Å². The van der Waals surface area contributed by atoms with E-state index < -0.39 is 10.0 Å². The lowest BCUT2D eigenvalue weighted by molar-refractivity contribution is 0.102. The first-order chi connectivity index (χ1) is 15.8. The number of carbonyl (C=O) groups is 1. The van der Waals surface area contributed by atoms with Crippen LogP contribution >= 0.6 is 0 Å². The first-order valence-corrected chi connectivity index (χ1v) is 12.0. The zero-order valence-corrected chi connectivity index (χ0v) is 19.6. The van der Waals surface area contributed by atoms with Gasteiger partial charge in [-0.05, 0) is 67.8 Å². The van der Waals surface area contributed by atoms with Gasteiger partial charge >= 0.3 is 0 Å². The van der Waals surface area contributed by atoms with E-state index in [1.807, 2.05) is 6.92 Å². The van der Waals surface area contributed by atoms with E-state index in [4.69, 9.17) is 9.47 Å². The van der Waals surface area contributed by atoms with Gasteiger partial charge < -0.3 is 14.8 Å². The lowest BCUT2D eigenvalue weighted by Crippen LogP contribution is -2.35. The number of nitrogens with one attached hydrogen (secondary N) is 1. The Kier molecular flexibility index (Phi) is 6.29. The highest BCUT2D eigenvalue weighted by molar-refractivity contribution is 7.92. The number of rotatable bonds is 6. The highest BCUT2D eigenvalue weighted by Crippen LogP contribution is 2.34. The Morgan fingerprint density at radius 1 is 0.970 bits per heavy atom. The summed E-state index contributed by atoms with van der Waals surface area (Å²) in [7, 11) is -0.612. The Morgan fingerprint density at radius 2 is 1.73 bits per heavy atom. The number of ether oxygens (including phenoxy) is 2. The third-order valence-electron chi connectivity index (χ3n) is 5.68. The molecular weight excluding hydrogens is 440 g/mol. The molecule has 33 heavy (non-hydrogen) atoms. The molecule has 3 aromatic carbocycles. The van der Waals surface area contributed by atoms with E-state index >= 15 is 0 Å². The molecule has 0 saturated carbocycles. The topological polar surface area (TPSA) is 84.9 Å². The van der Waals surface area contributed by atoms with Crippen molar-refractivity contribution in [2.75, 3.05) is 30.4 Å². The molecule has 3 aromatic rings. The van der Waals surface area contributed by atoms with E-state index in [0.29, 0.717) is 47.8 Å². The Morgan fingerprint density at radius 3 is 2.42 bits per heavy atom. The van der Waals surface area contributed by atoms with Crippen LogP contribution in [0.15, 0.2) is 65.6 Å². The minimum Gasteiger partial charge on any atom is -0.497 e. The van der Waals surface area contributed by atoms with Crippen LogP contribution < -0.4 is 19.1 Å². The number of sulfonamides is 1. The van der Waals surface area contributed by atoms with Crippen LogP contribution in [-0.4, -0.2) is 35.1 Å². The number of fused-ring (bicyclic) bond motifs is 1. The predicted octanol–water partition coefficient (Wildman–Crippen LogP) is 4.41. The van der Waals surface area contributed by atoms with Gasteiger partial charge in [-0.1, -0.05) is 17.7 Å². The molecule has 0 unspecified atom stereocenters. The van der Waals surface area contributed by atoms with Crippen LogP contribution in [0.1, 0.15) is 27.9 Å². The monoisotopic (exact) mass is 466 g/mol. The molecule has 1 N–H and O–H groups in total. The summed E-state index contributed by atoms with van der Waals surface area (Å²) in [6.45, 7) is 2.32. The molecule has 1 amide bonds. The van der Waals surface area contributed by atoms with Crippen molar-refractivity contribution in [3.63, 3.8) is 0 Å². The molecule has 0 saturated heterocycles. The highest BCUT2D eigenvalue weighted by Gasteiger charge is 2.29. The van der Waals surface area contributed by atoms with Crippen LogP contribution in [0.25, 0.3) is 0 Å². The largest absolute Gasteiger partial charge is 0.497 e. The summed E-state index contributed by atoms with van der Waals surface area (Å²) in [6, 6.07) is 17.1. The molecule has 1 aliphatic rings. The number of aryl methyl sites for hydroxylation is 2. The summed E-state index contributed by atoms with van der Waals surface area (Å²) in [6.07, 6.45) is 1.37. The fourth-order valence-electron chi connectivity index (χ4n) is 3.90. The van der Waals surface area contributed by atoms with Crippen molar-refractivity contribution < 1.29 is 22.7 Å². The van der Waals surface area contributed by atoms with Crippen molar-refractivity contribution in [3.05, 3.63) is 77.4 Å². The maximum Gasteiger partial charge on any atom is 0.264 e. The number of nitrogens with zero attached hydrogens (tertiary/aromatic N) is 1. The third-order valence-corrected chi connectivity index (χ3v) is 7.51. The van der Waals surface area contributed by atoms with Gasteiger partial charge in [-0.3, -0.25) is 9.10 Å². The quantitative estimate of drug-likeness (QED) is 0.582. The summed E-state index contributed by atoms with van der Waals surface area (Å²) in [5.74, 6) is 0.786. The molecule has 7 nitrogen and oxygen atoms in total. The second-order valence-electron chi connectivity index (χ2n) is 7.86. The minimum atomic E-state index is -3.69. The van der Waals surface area contributed by atoms with Crippen molar-refractivity contribution in [2.24, 2.45) is 0 Å². The van der Waals surface area contributed by atoms with Gasteiger partial charge in [0.15, 0.2) is 0 Å². The molecular formula is C25H26N2O5S. The van der Waals surface area contributed by atoms with E-state index in [1.54, 1.807) is 67.8 Å². The molecule has 1 aliphatic heterocycles. The Hall–Kier alpha value is -3.52. The molecule has 0 aromatic heterocycles. The lowest BCUT2D eigenvalue weighted by Gasteiger charge is -2.30. The van der Waals surface area contributed by atoms with Gasteiger partial charge in [0.05, 0.1) is 30.5 Å². The lowest BCUT2D eigenvalue weighted by atomic mass is 10.0. The number of hydrogen-bond acceptors (Lipinski definition) is 5.